The summed E-state index contributed by atoms with van der Waals surface area (Å²) in [5.41, 5.74) is 1.86. The molecule has 0 bridgehead atoms. The molecule has 192 valence electrons. The zero-order chi connectivity index (χ0) is 25.9. The summed E-state index contributed by atoms with van der Waals surface area (Å²) in [6, 6.07) is 15.9. The van der Waals surface area contributed by atoms with Gasteiger partial charge < -0.3 is 23.8 Å². The molecule has 4 rings (SSSR count). The molecule has 0 saturated carbocycles. The molecule has 1 aromatic heterocycles. The Morgan fingerprint density at radius 1 is 0.889 bits per heavy atom. The van der Waals surface area contributed by atoms with Gasteiger partial charge in [-0.1, -0.05) is 0 Å². The van der Waals surface area contributed by atoms with Crippen LogP contribution in [0, 0.1) is 0 Å². The number of carbonyl (C=O) groups is 1. The van der Waals surface area contributed by atoms with Gasteiger partial charge in [0.1, 0.15) is 27.7 Å². The van der Waals surface area contributed by atoms with Crippen molar-refractivity contribution in [2.24, 2.45) is 0 Å². The maximum Gasteiger partial charge on any atom is 0.410 e. The van der Waals surface area contributed by atoms with E-state index in [-0.39, 0.29) is 6.09 Å². The van der Waals surface area contributed by atoms with Gasteiger partial charge >= 0.3 is 6.09 Å². The largest absolute Gasteiger partial charge is 0.497 e. The number of carbonyl (C=O) groups excluding carboxylic acids is 1. The highest BCUT2D eigenvalue weighted by Gasteiger charge is 2.41. The highest BCUT2D eigenvalue weighted by Crippen LogP contribution is 2.45. The lowest BCUT2D eigenvalue weighted by Gasteiger charge is -2.39. The lowest BCUT2D eigenvalue weighted by Crippen LogP contribution is -2.47. The Balaban J connectivity index is 1.68. The summed E-state index contributed by atoms with van der Waals surface area (Å²) in [5.74, 6) is 1.60. The average Bonchev–Trinajstić information content (AvgIpc) is 3.34. The van der Waals surface area contributed by atoms with Gasteiger partial charge in [0.2, 0.25) is 0 Å². The van der Waals surface area contributed by atoms with Crippen LogP contribution in [-0.2, 0) is 15.1 Å². The quantitative estimate of drug-likeness (QED) is 0.384. The van der Waals surface area contributed by atoms with Gasteiger partial charge in [0, 0.05) is 38.6 Å². The van der Waals surface area contributed by atoms with Crippen molar-refractivity contribution in [2.45, 2.75) is 44.8 Å². The van der Waals surface area contributed by atoms with Gasteiger partial charge in [-0.05, 0) is 74.9 Å². The first-order valence-electron chi connectivity index (χ1n) is 12.0. The van der Waals surface area contributed by atoms with Gasteiger partial charge in [-0.2, -0.15) is 0 Å². The second-order valence-corrected chi connectivity index (χ2v) is 10.8. The Bertz CT molecular complexity index is 1110. The van der Waals surface area contributed by atoms with E-state index in [0.29, 0.717) is 25.9 Å². The molecule has 1 saturated heterocycles. The molecule has 2 heterocycles. The monoisotopic (exact) mass is 510 g/mol. The van der Waals surface area contributed by atoms with Crippen LogP contribution in [0.25, 0.3) is 21.7 Å². The second kappa shape index (κ2) is 10.5. The molecule has 0 aliphatic carbocycles. The standard InChI is InChI=1S/C28H34N2O5S/c1-27(2,3)35-26(31)30-17-15-28(34-6,16-18-30)25-29-23(19-7-11-21(32-4)12-8-19)24(36-25)20-9-13-22(33-5)14-10-20/h7-14H,15-18H2,1-6H3. The van der Waals surface area contributed by atoms with E-state index in [1.54, 1.807) is 37.6 Å². The maximum absolute atomic E-state index is 12.6. The molecule has 1 amide bonds. The predicted octanol–water partition coefficient (Wildman–Crippen LogP) is 6.37. The molecule has 36 heavy (non-hydrogen) atoms. The van der Waals surface area contributed by atoms with Crippen molar-refractivity contribution in [3.8, 4) is 33.2 Å². The fourth-order valence-electron chi connectivity index (χ4n) is 4.28. The maximum atomic E-state index is 12.6. The Kier molecular flexibility index (Phi) is 7.57. The molecule has 8 heteroatoms. The third-order valence-corrected chi connectivity index (χ3v) is 7.64. The summed E-state index contributed by atoms with van der Waals surface area (Å²) in [5, 5.41) is 0.908. The number of likely N-dealkylation sites (tertiary alicyclic amines) is 1. The summed E-state index contributed by atoms with van der Waals surface area (Å²) in [4.78, 5) is 20.6. The molecule has 7 nitrogen and oxygen atoms in total. The smallest absolute Gasteiger partial charge is 0.410 e. The van der Waals surface area contributed by atoms with Gasteiger partial charge in [0.05, 0.1) is 24.8 Å². The van der Waals surface area contributed by atoms with E-state index in [9.17, 15) is 4.79 Å². The molecule has 1 aliphatic rings. The fourth-order valence-corrected chi connectivity index (χ4v) is 5.60. The zero-order valence-electron chi connectivity index (χ0n) is 21.8. The number of amides is 1. The third-order valence-electron chi connectivity index (χ3n) is 6.35. The van der Waals surface area contributed by atoms with E-state index in [0.717, 1.165) is 38.2 Å². The van der Waals surface area contributed by atoms with E-state index in [4.69, 9.17) is 23.9 Å². The minimum absolute atomic E-state index is 0.288. The van der Waals surface area contributed by atoms with Crippen molar-refractivity contribution in [1.29, 1.82) is 0 Å². The van der Waals surface area contributed by atoms with Crippen LogP contribution < -0.4 is 9.47 Å². The highest BCUT2D eigenvalue weighted by atomic mass is 32.1. The summed E-state index contributed by atoms with van der Waals surface area (Å²) in [6.45, 7) is 6.72. The Labute approximate surface area is 217 Å². The minimum atomic E-state index is -0.574. The van der Waals surface area contributed by atoms with E-state index in [1.807, 2.05) is 69.3 Å². The molecular weight excluding hydrogens is 476 g/mol. The number of hydrogen-bond acceptors (Lipinski definition) is 7. The normalized spacial score (nSPS) is 15.4. The number of piperidine rings is 1. The Morgan fingerprint density at radius 2 is 1.42 bits per heavy atom. The Hall–Kier alpha value is -3.10. The van der Waals surface area contributed by atoms with Crippen LogP contribution in [0.4, 0.5) is 4.79 Å². The molecule has 2 aromatic carbocycles. The predicted molar refractivity (Wildman–Crippen MR) is 142 cm³/mol. The van der Waals surface area contributed by atoms with Crippen molar-refractivity contribution in [3.63, 3.8) is 0 Å². The highest BCUT2D eigenvalue weighted by molar-refractivity contribution is 7.15. The summed E-state index contributed by atoms with van der Waals surface area (Å²) >= 11 is 1.64. The lowest BCUT2D eigenvalue weighted by atomic mass is 9.91. The van der Waals surface area contributed by atoms with Gasteiger partial charge in [-0.15, -0.1) is 11.3 Å². The molecular formula is C28H34N2O5S. The third kappa shape index (κ3) is 5.50. The first-order valence-corrected chi connectivity index (χ1v) is 12.8. The molecule has 0 radical (unpaired) electrons. The topological polar surface area (TPSA) is 70.1 Å². The van der Waals surface area contributed by atoms with Crippen LogP contribution in [0.1, 0.15) is 38.6 Å². The summed E-state index contributed by atoms with van der Waals surface area (Å²) in [7, 11) is 5.05. The number of benzene rings is 2. The van der Waals surface area contributed by atoms with Gasteiger partial charge in [0.25, 0.3) is 0 Å². The van der Waals surface area contributed by atoms with Crippen LogP contribution in [-0.4, -0.2) is 56.0 Å². The van der Waals surface area contributed by atoms with Crippen LogP contribution in [0.5, 0.6) is 11.5 Å². The number of methoxy groups -OCH3 is 3. The van der Waals surface area contributed by atoms with Crippen molar-refractivity contribution >= 4 is 17.4 Å². The molecule has 0 N–H and O–H groups in total. The van der Waals surface area contributed by atoms with Crippen LogP contribution >= 0.6 is 11.3 Å². The number of thiazole rings is 1. The number of nitrogens with zero attached hydrogens (tertiary/aromatic N) is 2. The molecule has 1 aliphatic heterocycles. The van der Waals surface area contributed by atoms with Crippen molar-refractivity contribution in [2.75, 3.05) is 34.4 Å². The number of aromatic nitrogens is 1. The molecule has 1 fully saturated rings. The van der Waals surface area contributed by atoms with Gasteiger partial charge in [-0.25, -0.2) is 9.78 Å². The van der Waals surface area contributed by atoms with E-state index in [2.05, 4.69) is 0 Å². The van der Waals surface area contributed by atoms with E-state index in [1.165, 1.54) is 0 Å². The van der Waals surface area contributed by atoms with Crippen LogP contribution in [0.15, 0.2) is 48.5 Å². The van der Waals surface area contributed by atoms with Gasteiger partial charge in [0.15, 0.2) is 0 Å². The molecule has 0 atom stereocenters. The van der Waals surface area contributed by atoms with Crippen molar-refractivity contribution < 1.29 is 23.7 Å². The molecule has 3 aromatic rings. The summed E-state index contributed by atoms with van der Waals surface area (Å²) < 4.78 is 22.4. The molecule has 0 spiro atoms. The van der Waals surface area contributed by atoms with Gasteiger partial charge in [-0.3, -0.25) is 0 Å². The number of rotatable bonds is 6. The SMILES string of the molecule is COc1ccc(-c2nc(C3(OC)CCN(C(=O)OC(C)(C)C)CC3)sc2-c2ccc(OC)cc2)cc1. The first-order chi connectivity index (χ1) is 17.2. The lowest BCUT2D eigenvalue weighted by molar-refractivity contribution is -0.0651. The number of hydrogen-bond donors (Lipinski definition) is 0. The minimum Gasteiger partial charge on any atom is -0.497 e. The van der Waals surface area contributed by atoms with Crippen LogP contribution in [0.2, 0.25) is 0 Å². The molecule has 0 unspecified atom stereocenters. The van der Waals surface area contributed by atoms with Crippen molar-refractivity contribution in [3.05, 3.63) is 53.5 Å². The second-order valence-electron chi connectivity index (χ2n) is 9.82. The number of ether oxygens (including phenoxy) is 4. The van der Waals surface area contributed by atoms with Crippen LogP contribution in [0.3, 0.4) is 0 Å². The first kappa shape index (κ1) is 26.0. The van der Waals surface area contributed by atoms with Crippen molar-refractivity contribution in [1.82, 2.24) is 9.88 Å². The van der Waals surface area contributed by atoms with E-state index >= 15 is 0 Å². The average molecular weight is 511 g/mol. The zero-order valence-corrected chi connectivity index (χ0v) is 22.6. The fraction of sp³-hybridized carbons (Fsp3) is 0.429. The Morgan fingerprint density at radius 3 is 1.89 bits per heavy atom. The van der Waals surface area contributed by atoms with E-state index < -0.39 is 11.2 Å². The summed E-state index contributed by atoms with van der Waals surface area (Å²) in [6.07, 6.45) is 0.991.